The first-order valence-electron chi connectivity index (χ1n) is 4.91. The summed E-state index contributed by atoms with van der Waals surface area (Å²) in [4.78, 5) is 11.0. The van der Waals surface area contributed by atoms with E-state index in [-0.39, 0.29) is 6.61 Å². The lowest BCUT2D eigenvalue weighted by atomic mass is 10.1. The van der Waals surface area contributed by atoms with Gasteiger partial charge in [0.1, 0.15) is 0 Å². The highest BCUT2D eigenvalue weighted by Gasteiger charge is 2.07. The molecule has 4 nitrogen and oxygen atoms in total. The molecule has 0 heterocycles. The Balaban J connectivity index is 3.20. The topological polar surface area (TPSA) is 60.5 Å². The average molecular weight is 190 g/mol. The largest absolute Gasteiger partial charge is 0.394 e. The molecule has 0 saturated carbocycles. The van der Waals surface area contributed by atoms with E-state index in [1.807, 2.05) is 6.92 Å². The molecule has 0 aromatic rings. The zero-order valence-corrected chi connectivity index (χ0v) is 8.28. The maximum Gasteiger partial charge on any atom is 0.192 e. The van der Waals surface area contributed by atoms with Crippen LogP contribution in [0.1, 0.15) is 32.6 Å². The molecule has 0 radical (unpaired) electrons. The predicted molar refractivity (Wildman–Crippen MR) is 50.6 cm³/mol. The van der Waals surface area contributed by atoms with Gasteiger partial charge in [-0.2, -0.15) is 0 Å². The van der Waals surface area contributed by atoms with E-state index in [9.17, 15) is 4.91 Å². The fraction of sp³-hybridized carbons (Fsp3) is 1.00. The summed E-state index contributed by atoms with van der Waals surface area (Å²) < 4.78 is 1.05. The van der Waals surface area contributed by atoms with Crippen LogP contribution in [0, 0.1) is 4.91 Å². The number of unbranched alkanes of at least 4 members (excludes halogenated alkanes) is 1. The van der Waals surface area contributed by atoms with Gasteiger partial charge in [-0.05, 0) is 17.6 Å². The summed E-state index contributed by atoms with van der Waals surface area (Å²) in [5.41, 5.74) is 0. The van der Waals surface area contributed by atoms with Crippen molar-refractivity contribution < 1.29 is 15.0 Å². The molecule has 0 spiro atoms. The zero-order chi connectivity index (χ0) is 10.1. The summed E-state index contributed by atoms with van der Waals surface area (Å²) in [6.45, 7) is 2.91. The lowest BCUT2D eigenvalue weighted by molar-refractivity contribution is -0.549. The Kier molecular flexibility index (Phi) is 7.83. The van der Waals surface area contributed by atoms with Gasteiger partial charge in [-0.3, -0.25) is 0 Å². The van der Waals surface area contributed by atoms with Gasteiger partial charge in [0.2, 0.25) is 0 Å². The van der Waals surface area contributed by atoms with Crippen LogP contribution in [-0.4, -0.2) is 40.8 Å². The Labute approximate surface area is 79.2 Å². The molecular formula is C9H20NO3+. The van der Waals surface area contributed by atoms with Gasteiger partial charge in [0.15, 0.2) is 13.1 Å². The first-order valence-corrected chi connectivity index (χ1v) is 4.91. The molecule has 0 rings (SSSR count). The van der Waals surface area contributed by atoms with Crippen LogP contribution in [0.15, 0.2) is 0 Å². The third-order valence-corrected chi connectivity index (χ3v) is 1.88. The van der Waals surface area contributed by atoms with Crippen molar-refractivity contribution in [3.63, 3.8) is 0 Å². The predicted octanol–water partition coefficient (Wildman–Crippen LogP) is 0.699. The summed E-state index contributed by atoms with van der Waals surface area (Å²) in [5, 5.41) is 17.5. The number of aliphatic hydroxyl groups is 2. The second-order valence-electron chi connectivity index (χ2n) is 3.26. The third kappa shape index (κ3) is 7.87. The molecule has 4 heteroatoms. The van der Waals surface area contributed by atoms with E-state index < -0.39 is 6.10 Å². The maximum atomic E-state index is 11.0. The Morgan fingerprint density at radius 1 is 1.31 bits per heavy atom. The Morgan fingerprint density at radius 2 is 2.00 bits per heavy atom. The molecule has 0 aliphatic rings. The first kappa shape index (κ1) is 12.5. The minimum Gasteiger partial charge on any atom is -0.394 e. The lowest BCUT2D eigenvalue weighted by Crippen LogP contribution is -2.14. The second kappa shape index (κ2) is 8.13. The van der Waals surface area contributed by atoms with Gasteiger partial charge in [0.05, 0.1) is 12.7 Å². The van der Waals surface area contributed by atoms with E-state index in [4.69, 9.17) is 10.2 Å². The van der Waals surface area contributed by atoms with E-state index in [1.54, 1.807) is 0 Å². The highest BCUT2D eigenvalue weighted by Crippen LogP contribution is 2.00. The lowest BCUT2D eigenvalue weighted by Gasteiger charge is -2.03. The van der Waals surface area contributed by atoms with Crippen LogP contribution < -0.4 is 0 Å². The zero-order valence-electron chi connectivity index (χ0n) is 8.28. The van der Waals surface area contributed by atoms with E-state index in [0.717, 1.165) is 24.0 Å². The maximum absolute atomic E-state index is 11.0. The van der Waals surface area contributed by atoms with Crippen molar-refractivity contribution in [1.29, 1.82) is 0 Å². The molecule has 0 amide bonds. The molecule has 78 valence electrons. The van der Waals surface area contributed by atoms with Gasteiger partial charge >= 0.3 is 0 Å². The summed E-state index contributed by atoms with van der Waals surface area (Å²) >= 11 is 0. The van der Waals surface area contributed by atoms with Crippen LogP contribution in [0.5, 0.6) is 0 Å². The minimum atomic E-state index is -0.619. The molecule has 0 bridgehead atoms. The third-order valence-electron chi connectivity index (χ3n) is 1.88. The van der Waals surface area contributed by atoms with E-state index in [1.165, 1.54) is 0 Å². The molecule has 13 heavy (non-hydrogen) atoms. The minimum absolute atomic E-state index is 0.184. The van der Waals surface area contributed by atoms with Gasteiger partial charge in [0.25, 0.3) is 0 Å². The Bertz CT molecular complexity index is 139. The average Bonchev–Trinajstić information content (AvgIpc) is 2.12. The van der Waals surface area contributed by atoms with Gasteiger partial charge in [-0.25, -0.2) is 0 Å². The van der Waals surface area contributed by atoms with Crippen molar-refractivity contribution >= 4 is 0 Å². The van der Waals surface area contributed by atoms with Crippen LogP contribution in [0.25, 0.3) is 0 Å². The molecule has 1 atom stereocenters. The second-order valence-corrected chi connectivity index (χ2v) is 3.26. The number of hydrogen-bond acceptors (Lipinski definition) is 3. The normalized spacial score (nSPS) is 12.8. The molecule has 2 N–H and O–H groups in total. The van der Waals surface area contributed by atoms with Gasteiger partial charge in [-0.15, -0.1) is 0 Å². The van der Waals surface area contributed by atoms with Crippen molar-refractivity contribution in [3.05, 3.63) is 4.91 Å². The Hall–Kier alpha value is -0.480. The highest BCUT2D eigenvalue weighted by atomic mass is 16.3. The standard InChI is InChI=1S/C9H20NO3/c1-2-6-10(13)7-4-3-5-9(12)8-11/h9,11-12H,2-8H2,1H3/q+1. The van der Waals surface area contributed by atoms with Crippen molar-refractivity contribution in [2.24, 2.45) is 0 Å². The molecule has 0 saturated heterocycles. The van der Waals surface area contributed by atoms with E-state index in [0.29, 0.717) is 19.5 Å². The SMILES string of the molecule is CCC[N+](=O)CCCCC(O)CO. The smallest absolute Gasteiger partial charge is 0.192 e. The monoisotopic (exact) mass is 190 g/mol. The number of hydrogen-bond donors (Lipinski definition) is 2. The van der Waals surface area contributed by atoms with Gasteiger partial charge < -0.3 is 10.2 Å². The van der Waals surface area contributed by atoms with Gasteiger partial charge in [0, 0.05) is 17.7 Å². The Morgan fingerprint density at radius 3 is 2.54 bits per heavy atom. The van der Waals surface area contributed by atoms with Crippen LogP contribution >= 0.6 is 0 Å². The van der Waals surface area contributed by atoms with Crippen LogP contribution in [0.3, 0.4) is 0 Å². The molecule has 0 aliphatic heterocycles. The van der Waals surface area contributed by atoms with Crippen molar-refractivity contribution in [2.45, 2.75) is 38.7 Å². The number of rotatable bonds is 8. The van der Waals surface area contributed by atoms with Crippen LogP contribution in [-0.2, 0) is 0 Å². The number of nitroso groups, excluding NO2 is 1. The molecular weight excluding hydrogens is 170 g/mol. The van der Waals surface area contributed by atoms with E-state index in [2.05, 4.69) is 0 Å². The van der Waals surface area contributed by atoms with E-state index >= 15 is 0 Å². The fourth-order valence-electron chi connectivity index (χ4n) is 1.12. The molecule has 0 fully saturated rings. The first-order chi connectivity index (χ1) is 6.20. The summed E-state index contributed by atoms with van der Waals surface area (Å²) in [6, 6.07) is 0. The van der Waals surface area contributed by atoms with Gasteiger partial charge in [-0.1, -0.05) is 6.92 Å². The fourth-order valence-corrected chi connectivity index (χ4v) is 1.12. The molecule has 0 aromatic heterocycles. The highest BCUT2D eigenvalue weighted by molar-refractivity contribution is 4.51. The molecule has 0 aromatic carbocycles. The summed E-state index contributed by atoms with van der Waals surface area (Å²) in [5.74, 6) is 0. The number of aliphatic hydroxyl groups excluding tert-OH is 2. The quantitative estimate of drug-likeness (QED) is 0.437. The molecule has 0 aliphatic carbocycles. The summed E-state index contributed by atoms with van der Waals surface area (Å²) in [7, 11) is 0. The number of nitrogens with zero attached hydrogens (tertiary/aromatic N) is 1. The summed E-state index contributed by atoms with van der Waals surface area (Å²) in [6.07, 6.45) is 2.43. The van der Waals surface area contributed by atoms with Crippen molar-refractivity contribution in [1.82, 2.24) is 0 Å². The van der Waals surface area contributed by atoms with Crippen LogP contribution in [0.4, 0.5) is 0 Å². The molecule has 1 unspecified atom stereocenters. The van der Waals surface area contributed by atoms with Crippen molar-refractivity contribution in [2.75, 3.05) is 19.7 Å². The van der Waals surface area contributed by atoms with Crippen LogP contribution in [0.2, 0.25) is 0 Å². The van der Waals surface area contributed by atoms with Crippen molar-refractivity contribution in [3.8, 4) is 0 Å².